The van der Waals surface area contributed by atoms with E-state index in [4.69, 9.17) is 18.9 Å². The molecule has 0 saturated heterocycles. The molecule has 0 N–H and O–H groups in total. The standard InChI is InChI=1S/C35H36O8/c1-18(2)22-15-14-19(3)26-23(16-22)20(4)27-30(26)29(24(33(37)41-6)17-25(36)40-5)28(21-12-10-9-11-13-21)32(35(39)43-8)31(27)34(38)42-7/h9-18,28-29H,1-8H3/b24-17-/t28-,29-/m1/s1. The SMILES string of the molecule is COC(=O)/C=C(\C(=O)OC)[C@H]1c2c(c(C)c3cc(C(C)C)ccc(C)c2-3)C(C(=O)OC)=C(C(=O)OC)[C@@H]1c1ccccc1. The number of benzene rings is 1. The fraction of sp³-hybridized carbons (Fsp3) is 0.314. The van der Waals surface area contributed by atoms with E-state index in [0.29, 0.717) is 16.7 Å². The van der Waals surface area contributed by atoms with Crippen LogP contribution in [0.5, 0.6) is 0 Å². The molecule has 0 fully saturated rings. The first-order valence-electron chi connectivity index (χ1n) is 13.9. The Bertz CT molecular complexity index is 1630. The van der Waals surface area contributed by atoms with E-state index < -0.39 is 35.7 Å². The van der Waals surface area contributed by atoms with Gasteiger partial charge in [-0.2, -0.15) is 0 Å². The summed E-state index contributed by atoms with van der Waals surface area (Å²) in [5.41, 5.74) is 6.06. The number of aryl methyl sites for hydroxylation is 1. The zero-order valence-electron chi connectivity index (χ0n) is 25.7. The van der Waals surface area contributed by atoms with E-state index >= 15 is 0 Å². The maximum atomic E-state index is 13.7. The van der Waals surface area contributed by atoms with E-state index in [2.05, 4.69) is 26.0 Å². The van der Waals surface area contributed by atoms with Crippen LogP contribution in [0.4, 0.5) is 0 Å². The lowest BCUT2D eigenvalue weighted by Gasteiger charge is -2.36. The predicted molar refractivity (Wildman–Crippen MR) is 162 cm³/mol. The molecular formula is C35H36O8. The summed E-state index contributed by atoms with van der Waals surface area (Å²) in [6, 6.07) is 15.1. The van der Waals surface area contributed by atoms with Crippen LogP contribution in [0.25, 0.3) is 16.7 Å². The van der Waals surface area contributed by atoms with E-state index in [1.165, 1.54) is 28.4 Å². The lowest BCUT2D eigenvalue weighted by atomic mass is 9.65. The van der Waals surface area contributed by atoms with Gasteiger partial charge in [0.2, 0.25) is 0 Å². The molecule has 0 heterocycles. The van der Waals surface area contributed by atoms with Crippen molar-refractivity contribution in [2.75, 3.05) is 28.4 Å². The summed E-state index contributed by atoms with van der Waals surface area (Å²) in [5.74, 6) is -4.73. The first kappa shape index (κ1) is 31.2. The summed E-state index contributed by atoms with van der Waals surface area (Å²) in [6.07, 6.45) is 1.10. The van der Waals surface area contributed by atoms with Gasteiger partial charge < -0.3 is 18.9 Å². The maximum Gasteiger partial charge on any atom is 0.339 e. The van der Waals surface area contributed by atoms with Crippen molar-refractivity contribution in [2.24, 2.45) is 0 Å². The monoisotopic (exact) mass is 584 g/mol. The van der Waals surface area contributed by atoms with Gasteiger partial charge in [-0.15, -0.1) is 0 Å². The quantitative estimate of drug-likeness (QED) is 0.195. The van der Waals surface area contributed by atoms with Gasteiger partial charge in [0, 0.05) is 17.9 Å². The second-order valence-electron chi connectivity index (χ2n) is 10.8. The second-order valence-corrected chi connectivity index (χ2v) is 10.8. The molecule has 1 aromatic rings. The van der Waals surface area contributed by atoms with Gasteiger partial charge in [-0.25, -0.2) is 19.2 Å². The molecule has 0 saturated carbocycles. The van der Waals surface area contributed by atoms with Crippen LogP contribution in [0.3, 0.4) is 0 Å². The summed E-state index contributed by atoms with van der Waals surface area (Å²) in [6.45, 7) is 8.02. The Kier molecular flexibility index (Phi) is 9.19. The number of ether oxygens (including phenoxy) is 4. The molecule has 0 aromatic heterocycles. The number of esters is 4. The molecule has 0 radical (unpaired) electrons. The van der Waals surface area contributed by atoms with Crippen molar-refractivity contribution in [1.82, 2.24) is 0 Å². The summed E-state index contributed by atoms with van der Waals surface area (Å²) in [4.78, 5) is 53.8. The molecule has 0 bridgehead atoms. The minimum atomic E-state index is -0.953. The Morgan fingerprint density at radius 3 is 2.00 bits per heavy atom. The molecule has 224 valence electrons. The predicted octanol–water partition coefficient (Wildman–Crippen LogP) is 5.78. The number of carbonyl (C=O) groups is 4. The van der Waals surface area contributed by atoms with Crippen LogP contribution in [0, 0.1) is 13.8 Å². The molecule has 0 unspecified atom stereocenters. The second kappa shape index (κ2) is 12.7. The molecule has 3 aliphatic rings. The number of carbonyl (C=O) groups excluding carboxylic acids is 4. The van der Waals surface area contributed by atoms with Crippen LogP contribution in [-0.2, 0) is 38.1 Å². The number of fused-ring (bicyclic) bond motifs is 3. The molecule has 43 heavy (non-hydrogen) atoms. The Hall–Kier alpha value is -4.72. The third kappa shape index (κ3) is 5.45. The zero-order valence-corrected chi connectivity index (χ0v) is 25.7. The first-order valence-corrected chi connectivity index (χ1v) is 13.9. The normalized spacial score (nSPS) is 16.5. The molecule has 1 aromatic carbocycles. The highest BCUT2D eigenvalue weighted by Gasteiger charge is 2.49. The fourth-order valence-corrected chi connectivity index (χ4v) is 6.12. The third-order valence-electron chi connectivity index (χ3n) is 8.14. The van der Waals surface area contributed by atoms with Crippen molar-refractivity contribution < 1.29 is 38.1 Å². The minimum absolute atomic E-state index is 0.0160. The Balaban J connectivity index is 2.34. The van der Waals surface area contributed by atoms with Crippen LogP contribution in [0.2, 0.25) is 0 Å². The lowest BCUT2D eigenvalue weighted by molar-refractivity contribution is -0.139. The van der Waals surface area contributed by atoms with Crippen LogP contribution < -0.4 is 0 Å². The van der Waals surface area contributed by atoms with Crippen LogP contribution in [-0.4, -0.2) is 52.3 Å². The van der Waals surface area contributed by atoms with Crippen LogP contribution in [0.15, 0.2) is 65.8 Å². The summed E-state index contributed by atoms with van der Waals surface area (Å²) in [5, 5.41) is 0. The van der Waals surface area contributed by atoms with Crippen molar-refractivity contribution in [2.45, 2.75) is 45.4 Å². The summed E-state index contributed by atoms with van der Waals surface area (Å²) in [7, 11) is 4.92. The molecule has 4 rings (SSSR count). The van der Waals surface area contributed by atoms with Crippen molar-refractivity contribution in [3.8, 4) is 11.1 Å². The highest BCUT2D eigenvalue weighted by atomic mass is 16.5. The van der Waals surface area contributed by atoms with E-state index in [0.717, 1.165) is 33.9 Å². The average Bonchev–Trinajstić information content (AvgIpc) is 3.17. The van der Waals surface area contributed by atoms with Gasteiger partial charge in [0.25, 0.3) is 0 Å². The van der Waals surface area contributed by atoms with Gasteiger partial charge >= 0.3 is 23.9 Å². The largest absolute Gasteiger partial charge is 0.466 e. The van der Waals surface area contributed by atoms with Gasteiger partial charge in [0.05, 0.1) is 45.2 Å². The molecule has 3 aliphatic carbocycles. The number of hydrogen-bond acceptors (Lipinski definition) is 8. The highest BCUT2D eigenvalue weighted by molar-refractivity contribution is 6.26. The third-order valence-corrected chi connectivity index (χ3v) is 8.14. The summed E-state index contributed by atoms with van der Waals surface area (Å²) < 4.78 is 20.7. The molecular weight excluding hydrogens is 548 g/mol. The minimum Gasteiger partial charge on any atom is -0.466 e. The maximum absolute atomic E-state index is 13.7. The van der Waals surface area contributed by atoms with E-state index in [1.807, 2.05) is 26.0 Å². The average molecular weight is 585 g/mol. The van der Waals surface area contributed by atoms with Gasteiger partial charge in [0.1, 0.15) is 0 Å². The van der Waals surface area contributed by atoms with E-state index in [9.17, 15) is 19.2 Å². The Morgan fingerprint density at radius 1 is 0.791 bits per heavy atom. The lowest BCUT2D eigenvalue weighted by Crippen LogP contribution is -2.31. The van der Waals surface area contributed by atoms with Gasteiger partial charge in [-0.1, -0.05) is 62.4 Å². The zero-order chi connectivity index (χ0) is 31.6. The van der Waals surface area contributed by atoms with Crippen molar-refractivity contribution >= 4 is 29.5 Å². The summed E-state index contributed by atoms with van der Waals surface area (Å²) >= 11 is 0. The first-order chi connectivity index (χ1) is 20.5. The molecule has 0 spiro atoms. The fourth-order valence-electron chi connectivity index (χ4n) is 6.12. The van der Waals surface area contributed by atoms with Crippen molar-refractivity contribution in [1.29, 1.82) is 0 Å². The van der Waals surface area contributed by atoms with Crippen molar-refractivity contribution in [3.05, 3.63) is 99.1 Å². The molecule has 2 atom stereocenters. The molecule has 8 heteroatoms. The number of rotatable bonds is 7. The van der Waals surface area contributed by atoms with E-state index in [1.54, 1.807) is 24.3 Å². The van der Waals surface area contributed by atoms with Crippen molar-refractivity contribution in [3.63, 3.8) is 0 Å². The molecule has 0 amide bonds. The smallest absolute Gasteiger partial charge is 0.339 e. The van der Waals surface area contributed by atoms with E-state index in [-0.39, 0.29) is 22.6 Å². The van der Waals surface area contributed by atoms with Gasteiger partial charge in [-0.3, -0.25) is 0 Å². The van der Waals surface area contributed by atoms with Gasteiger partial charge in [-0.05, 0) is 64.3 Å². The molecule has 8 nitrogen and oxygen atoms in total. The van der Waals surface area contributed by atoms with Gasteiger partial charge in [0.15, 0.2) is 0 Å². The van der Waals surface area contributed by atoms with Crippen LogP contribution >= 0.6 is 0 Å². The Morgan fingerprint density at radius 2 is 1.44 bits per heavy atom. The highest BCUT2D eigenvalue weighted by Crippen LogP contribution is 2.58. The topological polar surface area (TPSA) is 105 Å². The Labute approximate surface area is 251 Å². The number of methoxy groups -OCH3 is 4. The number of hydrogen-bond donors (Lipinski definition) is 0. The van der Waals surface area contributed by atoms with Crippen LogP contribution in [0.1, 0.15) is 65.0 Å². The molecule has 0 aliphatic heterocycles.